The zero-order chi connectivity index (χ0) is 30.7. The molecule has 2 aliphatic heterocycles. The number of piperidine rings is 1. The molecule has 3 aromatic rings. The predicted molar refractivity (Wildman–Crippen MR) is 181 cm³/mol. The van der Waals surface area contributed by atoms with Crippen LogP contribution in [0.3, 0.4) is 0 Å². The highest BCUT2D eigenvalue weighted by Gasteiger charge is 2.27. The van der Waals surface area contributed by atoms with E-state index >= 15 is 0 Å². The number of morpholine rings is 1. The van der Waals surface area contributed by atoms with Gasteiger partial charge in [0.1, 0.15) is 18.7 Å². The standard InChI is InChI=1S/C32H44BrN6O3P/c1-7-23-18-27(29(41-4)19-28(23)39-12-10-24(11-13-39)38-14-16-42-17-15-38)36-32-34-20-25(33)31(37-32)35-26-9-8-21(2)22(3)30(26)43(5,6)40/h8-9,18-20,24H,7,10-17H2,1-6H3,(H2,34,35,36,37). The van der Waals surface area contributed by atoms with E-state index in [1.165, 1.54) is 11.3 Å². The van der Waals surface area contributed by atoms with Gasteiger partial charge in [-0.3, -0.25) is 4.90 Å². The number of aryl methyl sites for hydroxylation is 2. The van der Waals surface area contributed by atoms with E-state index in [4.69, 9.17) is 14.5 Å². The second kappa shape index (κ2) is 13.6. The van der Waals surface area contributed by atoms with Gasteiger partial charge in [0.25, 0.3) is 0 Å². The van der Waals surface area contributed by atoms with Crippen molar-refractivity contribution >= 4 is 57.2 Å². The van der Waals surface area contributed by atoms with Crippen LogP contribution in [0.2, 0.25) is 0 Å². The topological polar surface area (TPSA) is 91.8 Å². The minimum atomic E-state index is -2.55. The van der Waals surface area contributed by atoms with Crippen molar-refractivity contribution in [1.82, 2.24) is 14.9 Å². The van der Waals surface area contributed by atoms with Gasteiger partial charge in [0.2, 0.25) is 5.95 Å². The number of anilines is 5. The molecule has 0 atom stereocenters. The summed E-state index contributed by atoms with van der Waals surface area (Å²) in [7, 11) is -0.852. The zero-order valence-corrected chi connectivity index (χ0v) is 28.6. The molecule has 0 spiro atoms. The molecule has 5 rings (SSSR count). The van der Waals surface area contributed by atoms with E-state index in [1.54, 1.807) is 26.6 Å². The van der Waals surface area contributed by atoms with Gasteiger partial charge in [0.05, 0.1) is 36.2 Å². The average molecular weight is 672 g/mol. The Balaban J connectivity index is 1.37. The molecule has 0 aliphatic carbocycles. The number of nitrogens with zero attached hydrogens (tertiary/aromatic N) is 4. The molecule has 11 heteroatoms. The van der Waals surface area contributed by atoms with Gasteiger partial charge in [-0.2, -0.15) is 4.98 Å². The van der Waals surface area contributed by atoms with E-state index < -0.39 is 7.14 Å². The molecule has 43 heavy (non-hydrogen) atoms. The van der Waals surface area contributed by atoms with Gasteiger partial charge in [-0.1, -0.05) is 13.0 Å². The Labute approximate surface area is 264 Å². The Morgan fingerprint density at radius 2 is 1.79 bits per heavy atom. The summed E-state index contributed by atoms with van der Waals surface area (Å²) in [4.78, 5) is 14.4. The number of ether oxygens (including phenoxy) is 2. The molecular weight excluding hydrogens is 627 g/mol. The quantitative estimate of drug-likeness (QED) is 0.249. The maximum atomic E-state index is 13.2. The van der Waals surface area contributed by atoms with E-state index in [-0.39, 0.29) is 0 Å². The molecule has 1 aromatic heterocycles. The molecule has 0 saturated carbocycles. The van der Waals surface area contributed by atoms with Crippen LogP contribution in [-0.2, 0) is 15.7 Å². The number of hydrogen-bond donors (Lipinski definition) is 2. The molecule has 0 bridgehead atoms. The minimum Gasteiger partial charge on any atom is -0.494 e. The lowest BCUT2D eigenvalue weighted by atomic mass is 10.00. The summed E-state index contributed by atoms with van der Waals surface area (Å²) in [6.45, 7) is 15.7. The van der Waals surface area contributed by atoms with E-state index in [0.29, 0.717) is 22.3 Å². The fraction of sp³-hybridized carbons (Fsp3) is 0.500. The monoisotopic (exact) mass is 670 g/mol. The van der Waals surface area contributed by atoms with Crippen LogP contribution < -0.4 is 25.6 Å². The van der Waals surface area contributed by atoms with Crippen molar-refractivity contribution in [2.75, 3.05) is 75.4 Å². The molecule has 232 valence electrons. The molecular formula is C32H44BrN6O3P. The lowest BCUT2D eigenvalue weighted by Gasteiger charge is -2.41. The maximum absolute atomic E-state index is 13.2. The summed E-state index contributed by atoms with van der Waals surface area (Å²) in [5.74, 6) is 1.77. The summed E-state index contributed by atoms with van der Waals surface area (Å²) in [5, 5.41) is 7.65. The third kappa shape index (κ3) is 7.19. The van der Waals surface area contributed by atoms with E-state index in [2.05, 4.69) is 60.4 Å². The van der Waals surface area contributed by atoms with Crippen LogP contribution in [0.4, 0.5) is 28.8 Å². The highest BCUT2D eigenvalue weighted by molar-refractivity contribution is 9.10. The first-order valence-electron chi connectivity index (χ1n) is 15.1. The number of aromatic nitrogens is 2. The van der Waals surface area contributed by atoms with Crippen LogP contribution in [0.15, 0.2) is 34.9 Å². The lowest BCUT2D eigenvalue weighted by Crippen LogP contribution is -2.49. The Bertz CT molecular complexity index is 1500. The first kappa shape index (κ1) is 31.8. The number of methoxy groups -OCH3 is 1. The molecule has 2 saturated heterocycles. The average Bonchev–Trinajstić information content (AvgIpc) is 3.00. The second-order valence-corrected chi connectivity index (χ2v) is 15.8. The summed E-state index contributed by atoms with van der Waals surface area (Å²) in [6.07, 6.45) is 4.93. The fourth-order valence-electron chi connectivity index (χ4n) is 6.23. The van der Waals surface area contributed by atoms with Crippen molar-refractivity contribution in [1.29, 1.82) is 0 Å². The summed E-state index contributed by atoms with van der Waals surface area (Å²) >= 11 is 3.59. The number of nitrogens with one attached hydrogen (secondary N) is 2. The molecule has 9 nitrogen and oxygen atoms in total. The van der Waals surface area contributed by atoms with Crippen molar-refractivity contribution in [2.45, 2.75) is 46.1 Å². The smallest absolute Gasteiger partial charge is 0.229 e. The Hall–Kier alpha value is -2.65. The van der Waals surface area contributed by atoms with Gasteiger partial charge in [-0.05, 0) is 91.2 Å². The molecule has 0 unspecified atom stereocenters. The zero-order valence-electron chi connectivity index (χ0n) is 26.2. The van der Waals surface area contributed by atoms with E-state index in [9.17, 15) is 4.57 Å². The van der Waals surface area contributed by atoms with Crippen molar-refractivity contribution in [3.05, 3.63) is 51.6 Å². The SMILES string of the molecule is CCc1cc(Nc2ncc(Br)c(Nc3ccc(C)c(C)c3P(C)(C)=O)n2)c(OC)cc1N1CCC(N2CCOCC2)CC1. The maximum Gasteiger partial charge on any atom is 0.229 e. The molecule has 3 heterocycles. The Morgan fingerprint density at radius 3 is 2.44 bits per heavy atom. The molecule has 0 radical (unpaired) electrons. The molecule has 2 aliphatic rings. The third-order valence-corrected chi connectivity index (χ3v) is 10.9. The molecule has 2 N–H and O–H groups in total. The predicted octanol–water partition coefficient (Wildman–Crippen LogP) is 6.46. The van der Waals surface area contributed by atoms with Crippen molar-refractivity contribution in [3.8, 4) is 5.75 Å². The van der Waals surface area contributed by atoms with Gasteiger partial charge in [-0.15, -0.1) is 0 Å². The normalized spacial score (nSPS) is 16.8. The first-order chi connectivity index (χ1) is 20.6. The highest BCUT2D eigenvalue weighted by Crippen LogP contribution is 2.41. The lowest BCUT2D eigenvalue weighted by molar-refractivity contribution is 0.0115. The number of halogens is 1. The van der Waals surface area contributed by atoms with E-state index in [0.717, 1.165) is 92.2 Å². The largest absolute Gasteiger partial charge is 0.494 e. The Kier molecular flexibility index (Phi) is 10.0. The van der Waals surface area contributed by atoms with Gasteiger partial charge in [0, 0.05) is 55.5 Å². The van der Waals surface area contributed by atoms with Gasteiger partial charge in [-0.25, -0.2) is 4.98 Å². The number of hydrogen-bond acceptors (Lipinski definition) is 9. The van der Waals surface area contributed by atoms with Crippen LogP contribution in [0, 0.1) is 13.8 Å². The highest BCUT2D eigenvalue weighted by atomic mass is 79.9. The molecule has 2 fully saturated rings. The van der Waals surface area contributed by atoms with Crippen LogP contribution in [0.5, 0.6) is 5.75 Å². The second-order valence-electron chi connectivity index (χ2n) is 11.8. The van der Waals surface area contributed by atoms with Crippen molar-refractivity contribution < 1.29 is 14.0 Å². The summed E-state index contributed by atoms with van der Waals surface area (Å²) in [6, 6.07) is 8.95. The fourth-order valence-corrected chi connectivity index (χ4v) is 8.22. The van der Waals surface area contributed by atoms with Crippen LogP contribution in [0.25, 0.3) is 0 Å². The third-order valence-electron chi connectivity index (χ3n) is 8.63. The number of rotatable bonds is 9. The van der Waals surface area contributed by atoms with Gasteiger partial charge in [0.15, 0.2) is 0 Å². The minimum absolute atomic E-state index is 0.437. The van der Waals surface area contributed by atoms with Crippen LogP contribution in [0.1, 0.15) is 36.5 Å². The van der Waals surface area contributed by atoms with Crippen molar-refractivity contribution in [3.63, 3.8) is 0 Å². The van der Waals surface area contributed by atoms with Crippen LogP contribution >= 0.6 is 23.1 Å². The van der Waals surface area contributed by atoms with Gasteiger partial charge < -0.3 is 29.6 Å². The van der Waals surface area contributed by atoms with E-state index in [1.807, 2.05) is 26.0 Å². The molecule has 2 aromatic carbocycles. The molecule has 0 amide bonds. The first-order valence-corrected chi connectivity index (χ1v) is 18.5. The summed E-state index contributed by atoms with van der Waals surface area (Å²) in [5.41, 5.74) is 6.23. The van der Waals surface area contributed by atoms with Crippen molar-refractivity contribution in [2.24, 2.45) is 0 Å². The summed E-state index contributed by atoms with van der Waals surface area (Å²) < 4.78 is 25.4. The number of benzene rings is 2. The van der Waals surface area contributed by atoms with Gasteiger partial charge >= 0.3 is 0 Å². The van der Waals surface area contributed by atoms with Crippen LogP contribution in [-0.4, -0.2) is 80.7 Å². The Morgan fingerprint density at radius 1 is 1.07 bits per heavy atom.